The molecule has 0 amide bonds. The van der Waals surface area contributed by atoms with Gasteiger partial charge in [-0.1, -0.05) is 29.8 Å². The Hall–Kier alpha value is -3.00. The third-order valence-electron chi connectivity index (χ3n) is 5.38. The second-order valence-electron chi connectivity index (χ2n) is 7.24. The summed E-state index contributed by atoms with van der Waals surface area (Å²) in [4.78, 5) is 14.3. The number of aromatic amines is 2. The van der Waals surface area contributed by atoms with E-state index in [4.69, 9.17) is 21.6 Å². The Kier molecular flexibility index (Phi) is 4.19. The van der Waals surface area contributed by atoms with Crippen LogP contribution in [0.1, 0.15) is 12.1 Å². The summed E-state index contributed by atoms with van der Waals surface area (Å²) >= 11 is 7.70. The highest BCUT2D eigenvalue weighted by Gasteiger charge is 2.18. The number of rotatable bonds is 3. The van der Waals surface area contributed by atoms with Crippen LogP contribution in [0.4, 0.5) is 0 Å². The largest absolute Gasteiger partial charge is 0.336 e. The first kappa shape index (κ1) is 17.8. The van der Waals surface area contributed by atoms with E-state index >= 15 is 0 Å². The first-order valence-corrected chi connectivity index (χ1v) is 11.0. The summed E-state index contributed by atoms with van der Waals surface area (Å²) in [7, 11) is 0. The predicted octanol–water partition coefficient (Wildman–Crippen LogP) is 5.26. The van der Waals surface area contributed by atoms with Gasteiger partial charge in [0.25, 0.3) is 0 Å². The number of imidazole rings is 1. The molecule has 5 heterocycles. The molecule has 0 radical (unpaired) electrons. The van der Waals surface area contributed by atoms with Crippen molar-refractivity contribution in [3.8, 4) is 22.0 Å². The van der Waals surface area contributed by atoms with Gasteiger partial charge in [-0.2, -0.15) is 5.10 Å². The van der Waals surface area contributed by atoms with Gasteiger partial charge in [-0.05, 0) is 48.9 Å². The molecule has 0 atom stereocenters. The smallest absolute Gasteiger partial charge is 0.161 e. The molecule has 6 nitrogen and oxygen atoms in total. The lowest BCUT2D eigenvalue weighted by Crippen LogP contribution is -2.20. The van der Waals surface area contributed by atoms with Crippen LogP contribution in [-0.2, 0) is 0 Å². The first-order chi connectivity index (χ1) is 14.8. The third-order valence-corrected chi connectivity index (χ3v) is 6.64. The molecule has 0 unspecified atom stereocenters. The maximum atomic E-state index is 6.15. The Morgan fingerprint density at radius 2 is 1.93 bits per heavy atom. The van der Waals surface area contributed by atoms with E-state index in [1.807, 2.05) is 30.3 Å². The van der Waals surface area contributed by atoms with Crippen LogP contribution >= 0.6 is 22.9 Å². The van der Waals surface area contributed by atoms with E-state index in [2.05, 4.69) is 38.7 Å². The molecular formula is C22H17ClN6S. The molecule has 5 aromatic rings. The van der Waals surface area contributed by atoms with Crippen molar-refractivity contribution in [1.29, 1.82) is 0 Å². The van der Waals surface area contributed by atoms with Crippen LogP contribution in [0.5, 0.6) is 0 Å². The number of pyridine rings is 1. The van der Waals surface area contributed by atoms with Crippen LogP contribution in [0.2, 0.25) is 4.34 Å². The zero-order valence-corrected chi connectivity index (χ0v) is 17.4. The molecule has 0 saturated heterocycles. The lowest BCUT2D eigenvalue weighted by molar-refractivity contribution is 0.737. The Balaban J connectivity index is 1.49. The summed E-state index contributed by atoms with van der Waals surface area (Å²) in [5, 5.41) is 11.0. The van der Waals surface area contributed by atoms with Gasteiger partial charge in [0.2, 0.25) is 0 Å². The molecule has 0 saturated carbocycles. The number of hydrogen-bond donors (Lipinski definition) is 3. The Bertz CT molecular complexity index is 1430. The van der Waals surface area contributed by atoms with Crippen LogP contribution < -0.4 is 5.32 Å². The van der Waals surface area contributed by atoms with E-state index in [0.717, 1.165) is 67.7 Å². The van der Waals surface area contributed by atoms with Crippen LogP contribution in [0.25, 0.3) is 49.6 Å². The third kappa shape index (κ3) is 2.94. The van der Waals surface area contributed by atoms with Gasteiger partial charge in [-0.3, -0.25) is 5.10 Å². The number of para-hydroxylation sites is 1. The van der Waals surface area contributed by atoms with Crippen molar-refractivity contribution >= 4 is 50.6 Å². The number of benzene rings is 1. The minimum Gasteiger partial charge on any atom is -0.336 e. The van der Waals surface area contributed by atoms with Crippen molar-refractivity contribution in [1.82, 2.24) is 30.5 Å². The number of nitrogens with one attached hydrogen (secondary N) is 3. The molecule has 0 spiro atoms. The average Bonchev–Trinajstić information content (AvgIpc) is 3.51. The second kappa shape index (κ2) is 7.05. The fourth-order valence-corrected chi connectivity index (χ4v) is 4.97. The Labute approximate surface area is 181 Å². The monoisotopic (exact) mass is 432 g/mol. The maximum absolute atomic E-state index is 6.15. The van der Waals surface area contributed by atoms with E-state index in [1.165, 1.54) is 5.57 Å². The highest BCUT2D eigenvalue weighted by molar-refractivity contribution is 7.19. The highest BCUT2D eigenvalue weighted by atomic mass is 35.5. The van der Waals surface area contributed by atoms with Crippen LogP contribution in [0.3, 0.4) is 0 Å². The summed E-state index contributed by atoms with van der Waals surface area (Å²) < 4.78 is 0.764. The van der Waals surface area contributed by atoms with Crippen LogP contribution in [0, 0.1) is 0 Å². The van der Waals surface area contributed by atoms with Crippen LogP contribution in [0.15, 0.2) is 48.5 Å². The topological polar surface area (TPSA) is 82.3 Å². The normalized spacial score (nSPS) is 14.5. The van der Waals surface area contributed by atoms with Gasteiger partial charge in [-0.25, -0.2) is 9.97 Å². The molecule has 6 rings (SSSR count). The quantitative estimate of drug-likeness (QED) is 0.363. The standard InChI is InChI=1S/C22H17ClN6S/c23-18-7-6-17(30-18)13-2-1-3-15-19(13)27-22(26-15)21-20-16(28-29-21)5-4-14(25-20)12-8-10-24-11-9-12/h1-8,24H,9-11H2,(H,26,27)(H,28,29). The molecule has 1 aliphatic rings. The highest BCUT2D eigenvalue weighted by Crippen LogP contribution is 2.36. The van der Waals surface area contributed by atoms with Gasteiger partial charge >= 0.3 is 0 Å². The Morgan fingerprint density at radius 1 is 0.967 bits per heavy atom. The number of hydrogen-bond acceptors (Lipinski definition) is 5. The van der Waals surface area contributed by atoms with Crippen LogP contribution in [-0.4, -0.2) is 38.2 Å². The minimum absolute atomic E-state index is 0.704. The number of halogens is 1. The van der Waals surface area contributed by atoms with Gasteiger partial charge in [0.15, 0.2) is 11.5 Å². The van der Waals surface area contributed by atoms with E-state index in [0.29, 0.717) is 5.82 Å². The van der Waals surface area contributed by atoms with Gasteiger partial charge in [0.1, 0.15) is 5.52 Å². The number of fused-ring (bicyclic) bond motifs is 2. The fraction of sp³-hybridized carbons (Fsp3) is 0.136. The lowest BCUT2D eigenvalue weighted by atomic mass is 10.1. The summed E-state index contributed by atoms with van der Waals surface area (Å²) in [6, 6.07) is 14.2. The van der Waals surface area contributed by atoms with E-state index < -0.39 is 0 Å². The number of thiophene rings is 1. The van der Waals surface area contributed by atoms with Crippen molar-refractivity contribution in [2.45, 2.75) is 6.42 Å². The summed E-state index contributed by atoms with van der Waals surface area (Å²) in [5.74, 6) is 0.704. The molecule has 1 aromatic carbocycles. The van der Waals surface area contributed by atoms with Crippen molar-refractivity contribution in [3.05, 3.63) is 58.6 Å². The maximum Gasteiger partial charge on any atom is 0.161 e. The zero-order valence-electron chi connectivity index (χ0n) is 15.9. The molecule has 0 fully saturated rings. The molecular weight excluding hydrogens is 416 g/mol. The molecule has 1 aliphatic heterocycles. The molecule has 8 heteroatoms. The molecule has 0 bridgehead atoms. The molecule has 0 aliphatic carbocycles. The van der Waals surface area contributed by atoms with Gasteiger partial charge in [-0.15, -0.1) is 11.3 Å². The number of nitrogens with zero attached hydrogens (tertiary/aromatic N) is 3. The van der Waals surface area contributed by atoms with Crippen molar-refractivity contribution < 1.29 is 0 Å². The van der Waals surface area contributed by atoms with E-state index in [1.54, 1.807) is 11.3 Å². The first-order valence-electron chi connectivity index (χ1n) is 9.76. The number of aromatic nitrogens is 5. The molecule has 30 heavy (non-hydrogen) atoms. The molecule has 4 aromatic heterocycles. The summed E-state index contributed by atoms with van der Waals surface area (Å²) in [5.41, 5.74) is 7.63. The zero-order chi connectivity index (χ0) is 20.1. The van der Waals surface area contributed by atoms with Crippen molar-refractivity contribution in [3.63, 3.8) is 0 Å². The average molecular weight is 433 g/mol. The van der Waals surface area contributed by atoms with Gasteiger partial charge < -0.3 is 10.3 Å². The Morgan fingerprint density at radius 3 is 2.77 bits per heavy atom. The van der Waals surface area contributed by atoms with Crippen molar-refractivity contribution in [2.75, 3.05) is 13.1 Å². The van der Waals surface area contributed by atoms with E-state index in [9.17, 15) is 0 Å². The summed E-state index contributed by atoms with van der Waals surface area (Å²) in [6.07, 6.45) is 3.18. The minimum atomic E-state index is 0.704. The van der Waals surface area contributed by atoms with Crippen molar-refractivity contribution in [2.24, 2.45) is 0 Å². The SMILES string of the molecule is Clc1ccc(-c2cccc3[nH]c(-c4n[nH]c5ccc(C6=CCNCC6)nc45)nc23)s1. The lowest BCUT2D eigenvalue weighted by Gasteiger charge is -2.13. The second-order valence-corrected chi connectivity index (χ2v) is 8.95. The fourth-order valence-electron chi connectivity index (χ4n) is 3.90. The molecule has 3 N–H and O–H groups in total. The molecule has 148 valence electrons. The van der Waals surface area contributed by atoms with Gasteiger partial charge in [0.05, 0.1) is 26.6 Å². The number of H-pyrrole nitrogens is 2. The van der Waals surface area contributed by atoms with Gasteiger partial charge in [0, 0.05) is 17.0 Å². The predicted molar refractivity (Wildman–Crippen MR) is 123 cm³/mol. The summed E-state index contributed by atoms with van der Waals surface area (Å²) in [6.45, 7) is 1.86. The van der Waals surface area contributed by atoms with E-state index in [-0.39, 0.29) is 0 Å².